The standard InChI is InChI=1S/C13H25N3/c1-11(2)6-8-16-9-12(3)15(4)13(10-16)5-7-14/h11-13H,5-6,8-10H2,1-4H3. The van der Waals surface area contributed by atoms with Crippen LogP contribution >= 0.6 is 0 Å². The summed E-state index contributed by atoms with van der Waals surface area (Å²) in [6.07, 6.45) is 1.91. The zero-order valence-electron chi connectivity index (χ0n) is 11.1. The molecular formula is C13H25N3. The van der Waals surface area contributed by atoms with E-state index in [9.17, 15) is 0 Å². The van der Waals surface area contributed by atoms with Crippen molar-refractivity contribution < 1.29 is 0 Å². The summed E-state index contributed by atoms with van der Waals surface area (Å²) in [6.45, 7) is 10.2. The van der Waals surface area contributed by atoms with E-state index in [0.717, 1.165) is 19.0 Å². The molecule has 1 heterocycles. The zero-order valence-corrected chi connectivity index (χ0v) is 11.1. The van der Waals surface area contributed by atoms with E-state index in [1.807, 2.05) is 0 Å². The first kappa shape index (κ1) is 13.5. The second-order valence-corrected chi connectivity index (χ2v) is 5.47. The van der Waals surface area contributed by atoms with Crippen LogP contribution in [0, 0.1) is 17.2 Å². The Bertz CT molecular complexity index is 244. The summed E-state index contributed by atoms with van der Waals surface area (Å²) in [5.41, 5.74) is 0. The van der Waals surface area contributed by atoms with Gasteiger partial charge in [0.15, 0.2) is 0 Å². The number of rotatable bonds is 4. The maximum absolute atomic E-state index is 8.83. The Kier molecular flexibility index (Phi) is 5.24. The SMILES string of the molecule is CC(C)CCN1CC(C)N(C)C(CC#N)C1. The van der Waals surface area contributed by atoms with Crippen molar-refractivity contribution in [1.29, 1.82) is 5.26 Å². The van der Waals surface area contributed by atoms with Crippen molar-refractivity contribution in [1.82, 2.24) is 9.80 Å². The average molecular weight is 223 g/mol. The first-order valence-corrected chi connectivity index (χ1v) is 6.35. The quantitative estimate of drug-likeness (QED) is 0.730. The molecule has 1 aliphatic heterocycles. The van der Waals surface area contributed by atoms with Crippen molar-refractivity contribution in [3.63, 3.8) is 0 Å². The highest BCUT2D eigenvalue weighted by Gasteiger charge is 2.28. The highest BCUT2D eigenvalue weighted by molar-refractivity contribution is 4.90. The number of hydrogen-bond acceptors (Lipinski definition) is 3. The van der Waals surface area contributed by atoms with Crippen LogP contribution in [-0.2, 0) is 0 Å². The first-order valence-electron chi connectivity index (χ1n) is 6.35. The fourth-order valence-corrected chi connectivity index (χ4v) is 2.30. The van der Waals surface area contributed by atoms with E-state index in [1.165, 1.54) is 13.0 Å². The van der Waals surface area contributed by atoms with Crippen LogP contribution in [0.3, 0.4) is 0 Å². The fourth-order valence-electron chi connectivity index (χ4n) is 2.30. The molecule has 0 aromatic rings. The Morgan fingerprint density at radius 2 is 2.06 bits per heavy atom. The summed E-state index contributed by atoms with van der Waals surface area (Å²) in [4.78, 5) is 4.88. The highest BCUT2D eigenvalue weighted by Crippen LogP contribution is 2.17. The summed E-state index contributed by atoms with van der Waals surface area (Å²) in [7, 11) is 2.15. The van der Waals surface area contributed by atoms with Crippen LogP contribution < -0.4 is 0 Å². The minimum absolute atomic E-state index is 0.418. The Balaban J connectivity index is 2.47. The fraction of sp³-hybridized carbons (Fsp3) is 0.923. The van der Waals surface area contributed by atoms with Gasteiger partial charge in [-0.2, -0.15) is 5.26 Å². The van der Waals surface area contributed by atoms with Gasteiger partial charge in [-0.15, -0.1) is 0 Å². The van der Waals surface area contributed by atoms with Gasteiger partial charge in [0.05, 0.1) is 12.5 Å². The molecule has 0 radical (unpaired) electrons. The lowest BCUT2D eigenvalue weighted by molar-refractivity contribution is 0.0512. The summed E-state index contributed by atoms with van der Waals surface area (Å²) in [6, 6.07) is 3.29. The van der Waals surface area contributed by atoms with Crippen molar-refractivity contribution >= 4 is 0 Å². The normalized spacial score (nSPS) is 28.2. The number of nitriles is 1. The van der Waals surface area contributed by atoms with E-state index in [1.54, 1.807) is 0 Å². The second kappa shape index (κ2) is 6.22. The van der Waals surface area contributed by atoms with Gasteiger partial charge in [0.25, 0.3) is 0 Å². The smallest absolute Gasteiger partial charge is 0.0638 e. The van der Waals surface area contributed by atoms with Gasteiger partial charge in [0.1, 0.15) is 0 Å². The van der Waals surface area contributed by atoms with E-state index in [4.69, 9.17) is 5.26 Å². The van der Waals surface area contributed by atoms with E-state index in [0.29, 0.717) is 18.5 Å². The topological polar surface area (TPSA) is 30.3 Å². The van der Waals surface area contributed by atoms with Crippen LogP contribution in [0.1, 0.15) is 33.6 Å². The lowest BCUT2D eigenvalue weighted by Crippen LogP contribution is -2.56. The summed E-state index contributed by atoms with van der Waals surface area (Å²) < 4.78 is 0. The van der Waals surface area contributed by atoms with Gasteiger partial charge < -0.3 is 4.90 Å². The Labute approximate surface area is 100 Å². The van der Waals surface area contributed by atoms with Crippen molar-refractivity contribution in [2.24, 2.45) is 5.92 Å². The molecule has 1 aliphatic rings. The molecule has 0 aromatic heterocycles. The molecule has 16 heavy (non-hydrogen) atoms. The summed E-state index contributed by atoms with van der Waals surface area (Å²) in [5, 5.41) is 8.83. The number of hydrogen-bond donors (Lipinski definition) is 0. The molecule has 1 fully saturated rings. The van der Waals surface area contributed by atoms with Gasteiger partial charge in [0, 0.05) is 25.2 Å². The molecular weight excluding hydrogens is 198 g/mol. The van der Waals surface area contributed by atoms with Gasteiger partial charge >= 0.3 is 0 Å². The summed E-state index contributed by atoms with van der Waals surface area (Å²) in [5.74, 6) is 0.768. The maximum Gasteiger partial charge on any atom is 0.0638 e. The van der Waals surface area contributed by atoms with Crippen LogP contribution in [0.5, 0.6) is 0 Å². The molecule has 0 saturated carbocycles. The third-order valence-corrected chi connectivity index (χ3v) is 3.61. The molecule has 0 amide bonds. The molecule has 0 bridgehead atoms. The van der Waals surface area contributed by atoms with Crippen LogP contribution in [0.15, 0.2) is 0 Å². The average Bonchev–Trinajstić information content (AvgIpc) is 2.22. The number of nitrogens with zero attached hydrogens (tertiary/aromatic N) is 3. The first-order chi connectivity index (χ1) is 7.54. The molecule has 1 saturated heterocycles. The molecule has 0 aliphatic carbocycles. The van der Waals surface area contributed by atoms with E-state index >= 15 is 0 Å². The molecule has 0 N–H and O–H groups in total. The molecule has 0 spiro atoms. The third-order valence-electron chi connectivity index (χ3n) is 3.61. The third kappa shape index (κ3) is 3.77. The largest absolute Gasteiger partial charge is 0.300 e. The second-order valence-electron chi connectivity index (χ2n) is 5.47. The van der Waals surface area contributed by atoms with E-state index < -0.39 is 0 Å². The van der Waals surface area contributed by atoms with Gasteiger partial charge in [-0.05, 0) is 32.9 Å². The monoisotopic (exact) mass is 223 g/mol. The lowest BCUT2D eigenvalue weighted by atomic mass is 10.0. The van der Waals surface area contributed by atoms with Gasteiger partial charge in [-0.3, -0.25) is 4.90 Å². The molecule has 3 heteroatoms. The van der Waals surface area contributed by atoms with Crippen molar-refractivity contribution in [3.8, 4) is 6.07 Å². The predicted molar refractivity (Wildman–Crippen MR) is 67.1 cm³/mol. The summed E-state index contributed by atoms with van der Waals surface area (Å²) >= 11 is 0. The Morgan fingerprint density at radius 3 is 2.62 bits per heavy atom. The van der Waals surface area contributed by atoms with Crippen molar-refractivity contribution in [3.05, 3.63) is 0 Å². The van der Waals surface area contributed by atoms with Gasteiger partial charge in [0.2, 0.25) is 0 Å². The molecule has 92 valence electrons. The highest BCUT2D eigenvalue weighted by atomic mass is 15.3. The Morgan fingerprint density at radius 1 is 1.38 bits per heavy atom. The molecule has 1 rings (SSSR count). The number of piperazine rings is 1. The minimum Gasteiger partial charge on any atom is -0.300 e. The molecule has 0 aromatic carbocycles. The van der Waals surface area contributed by atoms with E-state index in [2.05, 4.69) is 43.7 Å². The van der Waals surface area contributed by atoms with Crippen LogP contribution in [0.25, 0.3) is 0 Å². The molecule has 2 unspecified atom stereocenters. The predicted octanol–water partition coefficient (Wildman–Crippen LogP) is 1.95. The maximum atomic E-state index is 8.83. The van der Waals surface area contributed by atoms with E-state index in [-0.39, 0.29) is 0 Å². The van der Waals surface area contributed by atoms with Crippen LogP contribution in [0.4, 0.5) is 0 Å². The van der Waals surface area contributed by atoms with Crippen molar-refractivity contribution in [2.45, 2.75) is 45.7 Å². The number of likely N-dealkylation sites (N-methyl/N-ethyl adjacent to an activating group) is 1. The van der Waals surface area contributed by atoms with Crippen LogP contribution in [0.2, 0.25) is 0 Å². The minimum atomic E-state index is 0.418. The Hall–Kier alpha value is -0.590. The molecule has 2 atom stereocenters. The lowest BCUT2D eigenvalue weighted by Gasteiger charge is -2.43. The van der Waals surface area contributed by atoms with Gasteiger partial charge in [-0.1, -0.05) is 13.8 Å². The molecule has 3 nitrogen and oxygen atoms in total. The van der Waals surface area contributed by atoms with Crippen LogP contribution in [-0.4, -0.2) is 48.6 Å². The zero-order chi connectivity index (χ0) is 12.1. The van der Waals surface area contributed by atoms with Crippen molar-refractivity contribution in [2.75, 3.05) is 26.7 Å². The van der Waals surface area contributed by atoms with Gasteiger partial charge in [-0.25, -0.2) is 0 Å².